The van der Waals surface area contributed by atoms with Crippen LogP contribution in [0.2, 0.25) is 0 Å². The number of aromatic nitrogens is 5. The highest BCUT2D eigenvalue weighted by Gasteiger charge is 2.28. The third-order valence-corrected chi connectivity index (χ3v) is 6.19. The highest BCUT2D eigenvalue weighted by Crippen LogP contribution is 2.39. The lowest BCUT2D eigenvalue weighted by molar-refractivity contribution is 0.0751. The normalized spacial score (nSPS) is 17.5. The molecule has 3 aromatic rings. The molecule has 0 spiro atoms. The maximum absolute atomic E-state index is 12.8. The van der Waals surface area contributed by atoms with E-state index in [2.05, 4.69) is 31.2 Å². The fourth-order valence-electron chi connectivity index (χ4n) is 3.42. The summed E-state index contributed by atoms with van der Waals surface area (Å²) in [6, 6.07) is 2.17. The SMILES string of the molecule is Cn1cc(-c2ncc(C(=O)N3CCN(c4cc(C5CC5)[nH]n4)CC3)s2)cn1. The minimum Gasteiger partial charge on any atom is -0.352 e. The van der Waals surface area contributed by atoms with Crippen LogP contribution >= 0.6 is 11.3 Å². The summed E-state index contributed by atoms with van der Waals surface area (Å²) in [5.41, 5.74) is 2.19. The van der Waals surface area contributed by atoms with E-state index >= 15 is 0 Å². The summed E-state index contributed by atoms with van der Waals surface area (Å²) in [7, 11) is 1.87. The highest BCUT2D eigenvalue weighted by molar-refractivity contribution is 7.16. The lowest BCUT2D eigenvalue weighted by Gasteiger charge is -2.34. The predicted octanol–water partition coefficient (Wildman–Crippen LogP) is 2.11. The Morgan fingerprint density at radius 1 is 1.22 bits per heavy atom. The second-order valence-electron chi connectivity index (χ2n) is 7.17. The molecule has 1 saturated heterocycles. The van der Waals surface area contributed by atoms with Gasteiger partial charge < -0.3 is 9.80 Å². The number of anilines is 1. The quantitative estimate of drug-likeness (QED) is 0.746. The Bertz CT molecular complexity index is 962. The van der Waals surface area contributed by atoms with E-state index in [4.69, 9.17) is 0 Å². The molecule has 0 aromatic carbocycles. The Labute approximate surface area is 160 Å². The average Bonchev–Trinajstić information content (AvgIpc) is 3.10. The maximum atomic E-state index is 12.8. The highest BCUT2D eigenvalue weighted by atomic mass is 32.1. The fourth-order valence-corrected chi connectivity index (χ4v) is 4.28. The molecule has 140 valence electrons. The van der Waals surface area contributed by atoms with E-state index in [0.29, 0.717) is 23.9 Å². The second-order valence-corrected chi connectivity index (χ2v) is 8.20. The van der Waals surface area contributed by atoms with Crippen molar-refractivity contribution in [1.29, 1.82) is 0 Å². The molecule has 5 rings (SSSR count). The molecule has 1 aliphatic heterocycles. The molecule has 1 aliphatic carbocycles. The van der Waals surface area contributed by atoms with Crippen molar-refractivity contribution in [3.63, 3.8) is 0 Å². The van der Waals surface area contributed by atoms with Gasteiger partial charge in [0.2, 0.25) is 0 Å². The van der Waals surface area contributed by atoms with Crippen molar-refractivity contribution in [2.75, 3.05) is 31.1 Å². The zero-order valence-electron chi connectivity index (χ0n) is 15.1. The number of amides is 1. The van der Waals surface area contributed by atoms with Crippen LogP contribution in [0.25, 0.3) is 10.6 Å². The molecule has 9 heteroatoms. The van der Waals surface area contributed by atoms with E-state index in [1.165, 1.54) is 29.9 Å². The molecule has 2 fully saturated rings. The van der Waals surface area contributed by atoms with Crippen molar-refractivity contribution in [3.8, 4) is 10.6 Å². The van der Waals surface area contributed by atoms with Gasteiger partial charge in [-0.3, -0.25) is 14.6 Å². The van der Waals surface area contributed by atoms with Crippen LogP contribution in [-0.2, 0) is 7.05 Å². The largest absolute Gasteiger partial charge is 0.352 e. The minimum absolute atomic E-state index is 0.0583. The zero-order valence-corrected chi connectivity index (χ0v) is 15.9. The minimum atomic E-state index is 0.0583. The first-order valence-electron chi connectivity index (χ1n) is 9.22. The van der Waals surface area contributed by atoms with E-state index in [9.17, 15) is 4.79 Å². The number of H-pyrrole nitrogens is 1. The Hall–Kier alpha value is -2.68. The van der Waals surface area contributed by atoms with Crippen LogP contribution < -0.4 is 4.90 Å². The number of carbonyl (C=O) groups excluding carboxylic acids is 1. The molecule has 8 nitrogen and oxygen atoms in total. The van der Waals surface area contributed by atoms with Crippen molar-refractivity contribution in [2.45, 2.75) is 18.8 Å². The number of nitrogens with zero attached hydrogens (tertiary/aromatic N) is 6. The van der Waals surface area contributed by atoms with Crippen LogP contribution in [-0.4, -0.2) is 61.9 Å². The number of nitrogens with one attached hydrogen (secondary N) is 1. The average molecular weight is 383 g/mol. The van der Waals surface area contributed by atoms with E-state index in [1.807, 2.05) is 18.1 Å². The molecule has 0 unspecified atom stereocenters. The van der Waals surface area contributed by atoms with E-state index in [-0.39, 0.29) is 5.91 Å². The van der Waals surface area contributed by atoms with Gasteiger partial charge >= 0.3 is 0 Å². The van der Waals surface area contributed by atoms with Gasteiger partial charge in [-0.2, -0.15) is 10.2 Å². The summed E-state index contributed by atoms with van der Waals surface area (Å²) in [6.45, 7) is 3.00. The monoisotopic (exact) mass is 383 g/mol. The smallest absolute Gasteiger partial charge is 0.265 e. The first kappa shape index (κ1) is 16.5. The molecule has 0 bridgehead atoms. The van der Waals surface area contributed by atoms with Crippen molar-refractivity contribution in [3.05, 3.63) is 35.2 Å². The van der Waals surface area contributed by atoms with Crippen LogP contribution in [0.4, 0.5) is 5.82 Å². The maximum Gasteiger partial charge on any atom is 0.265 e. The number of rotatable bonds is 4. The standard InChI is InChI=1S/C18H21N7OS/c1-23-11-13(9-20-23)17-19-10-15(27-17)18(26)25-6-4-24(5-7-25)16-8-14(21-22-16)12-2-3-12/h8-12H,2-7H2,1H3,(H,21,22). The van der Waals surface area contributed by atoms with Crippen LogP contribution in [0, 0.1) is 0 Å². The van der Waals surface area contributed by atoms with Crippen LogP contribution in [0.1, 0.15) is 34.1 Å². The molecule has 2 aliphatic rings. The summed E-state index contributed by atoms with van der Waals surface area (Å²) in [6.07, 6.45) is 7.88. The Balaban J connectivity index is 1.22. The lowest BCUT2D eigenvalue weighted by Crippen LogP contribution is -2.48. The first-order chi connectivity index (χ1) is 13.2. The van der Waals surface area contributed by atoms with E-state index in [0.717, 1.165) is 29.5 Å². The third-order valence-electron chi connectivity index (χ3n) is 5.16. The molecule has 1 N–H and O–H groups in total. The predicted molar refractivity (Wildman–Crippen MR) is 103 cm³/mol. The number of piperazine rings is 1. The Kier molecular flexibility index (Phi) is 3.96. The van der Waals surface area contributed by atoms with Gasteiger partial charge in [0.1, 0.15) is 9.88 Å². The number of aryl methyl sites for hydroxylation is 1. The van der Waals surface area contributed by atoms with E-state index in [1.54, 1.807) is 17.1 Å². The molecule has 4 heterocycles. The fraction of sp³-hybridized carbons (Fsp3) is 0.444. The molecule has 27 heavy (non-hydrogen) atoms. The van der Waals surface area contributed by atoms with Crippen LogP contribution in [0.3, 0.4) is 0 Å². The van der Waals surface area contributed by atoms with Crippen molar-refractivity contribution < 1.29 is 4.79 Å². The number of hydrogen-bond acceptors (Lipinski definition) is 6. The zero-order chi connectivity index (χ0) is 18.4. The summed E-state index contributed by atoms with van der Waals surface area (Å²) in [5, 5.41) is 12.6. The molecule has 3 aromatic heterocycles. The topological polar surface area (TPSA) is 82.9 Å². The summed E-state index contributed by atoms with van der Waals surface area (Å²) in [4.78, 5) is 22.1. The molecule has 1 amide bonds. The number of carbonyl (C=O) groups is 1. The number of thiazole rings is 1. The van der Waals surface area contributed by atoms with Gasteiger partial charge in [0.05, 0.1) is 12.4 Å². The van der Waals surface area contributed by atoms with Gasteiger partial charge in [-0.25, -0.2) is 4.98 Å². The van der Waals surface area contributed by atoms with Gasteiger partial charge in [-0.05, 0) is 12.8 Å². The van der Waals surface area contributed by atoms with Crippen LogP contribution in [0.15, 0.2) is 24.7 Å². The van der Waals surface area contributed by atoms with Crippen molar-refractivity contribution >= 4 is 23.1 Å². The molecule has 1 saturated carbocycles. The van der Waals surface area contributed by atoms with Gasteiger partial charge in [-0.15, -0.1) is 11.3 Å². The molecule has 0 radical (unpaired) electrons. The third kappa shape index (κ3) is 3.23. The lowest BCUT2D eigenvalue weighted by atomic mass is 10.2. The van der Waals surface area contributed by atoms with Crippen molar-refractivity contribution in [2.24, 2.45) is 7.05 Å². The summed E-state index contributed by atoms with van der Waals surface area (Å²) in [5.74, 6) is 1.73. The van der Waals surface area contributed by atoms with E-state index < -0.39 is 0 Å². The molecular formula is C18H21N7OS. The number of aromatic amines is 1. The molecular weight excluding hydrogens is 362 g/mol. The van der Waals surface area contributed by atoms with Gasteiger partial charge in [0.25, 0.3) is 5.91 Å². The summed E-state index contributed by atoms with van der Waals surface area (Å²) >= 11 is 1.43. The van der Waals surface area contributed by atoms with Gasteiger partial charge in [0, 0.05) is 62.7 Å². The molecule has 0 atom stereocenters. The summed E-state index contributed by atoms with van der Waals surface area (Å²) < 4.78 is 1.74. The van der Waals surface area contributed by atoms with Gasteiger partial charge in [-0.1, -0.05) is 0 Å². The van der Waals surface area contributed by atoms with Gasteiger partial charge in [0.15, 0.2) is 5.82 Å². The Morgan fingerprint density at radius 2 is 2.04 bits per heavy atom. The number of hydrogen-bond donors (Lipinski definition) is 1. The Morgan fingerprint density at radius 3 is 2.74 bits per heavy atom. The first-order valence-corrected chi connectivity index (χ1v) is 10.0. The second kappa shape index (κ2) is 6.49. The van der Waals surface area contributed by atoms with Crippen LogP contribution in [0.5, 0.6) is 0 Å². The van der Waals surface area contributed by atoms with Crippen molar-refractivity contribution in [1.82, 2.24) is 29.9 Å².